The van der Waals surface area contributed by atoms with E-state index in [1.54, 1.807) is 50.4 Å². The highest BCUT2D eigenvalue weighted by Crippen LogP contribution is 2.11. The number of thioether (sulfide) groups is 1. The summed E-state index contributed by atoms with van der Waals surface area (Å²) in [4.78, 5) is 171. The maximum absolute atomic E-state index is 13.6. The number of aliphatic hydroxyl groups excluding tert-OH is 6. The Morgan fingerprint density at radius 2 is 0.805 bits per heavy atom. The molecule has 33 nitrogen and oxygen atoms in total. The Kier molecular flexibility index (Phi) is 34.3. The van der Waals surface area contributed by atoms with E-state index in [2.05, 4.69) is 37.2 Å². The van der Waals surface area contributed by atoms with Crippen LogP contribution in [0.2, 0.25) is 0 Å². The van der Waals surface area contributed by atoms with Crippen molar-refractivity contribution in [1.82, 2.24) is 58.5 Å². The van der Waals surface area contributed by atoms with E-state index in [0.29, 0.717) is 11.3 Å². The van der Waals surface area contributed by atoms with Crippen LogP contribution in [0, 0.1) is 11.8 Å². The van der Waals surface area contributed by atoms with Gasteiger partial charge in [-0.2, -0.15) is 11.8 Å². The van der Waals surface area contributed by atoms with Gasteiger partial charge in [0.15, 0.2) is 0 Å². The molecule has 0 aromatic heterocycles. The van der Waals surface area contributed by atoms with Gasteiger partial charge in [0.1, 0.15) is 66.5 Å². The fourth-order valence-electron chi connectivity index (χ4n) is 7.90. The molecule has 0 spiro atoms. The van der Waals surface area contributed by atoms with E-state index >= 15 is 0 Å². The number of hydrogen-bond donors (Lipinski definition) is 20. The number of amides is 11. The number of hydrogen-bond acceptors (Lipinski definition) is 21. The molecule has 15 atom stereocenters. The van der Waals surface area contributed by atoms with Crippen molar-refractivity contribution in [3.63, 3.8) is 0 Å². The number of carboxylic acids is 2. The van der Waals surface area contributed by atoms with Crippen LogP contribution in [-0.2, 0) is 68.7 Å². The second-order valence-electron chi connectivity index (χ2n) is 21.2. The van der Waals surface area contributed by atoms with E-state index in [9.17, 15) is 103 Å². The number of carboxylic acid groups (broad SMARTS) is 2. The molecule has 0 aliphatic rings. The van der Waals surface area contributed by atoms with Crippen molar-refractivity contribution in [3.05, 3.63) is 35.9 Å². The van der Waals surface area contributed by atoms with Gasteiger partial charge in [0.05, 0.1) is 50.6 Å². The number of carbonyl (C=O) groups excluding carboxylic acids is 11. The molecule has 490 valence electrons. The first-order chi connectivity index (χ1) is 40.6. The summed E-state index contributed by atoms with van der Waals surface area (Å²) in [5.41, 5.74) is 6.49. The highest BCUT2D eigenvalue weighted by molar-refractivity contribution is 7.98. The summed E-state index contributed by atoms with van der Waals surface area (Å²) in [6.07, 6.45) is -4.31. The summed E-state index contributed by atoms with van der Waals surface area (Å²) < 4.78 is 0. The lowest BCUT2D eigenvalue weighted by Crippen LogP contribution is -2.63. The lowest BCUT2D eigenvalue weighted by Gasteiger charge is -2.29. The van der Waals surface area contributed by atoms with Crippen molar-refractivity contribution in [1.29, 1.82) is 0 Å². The zero-order chi connectivity index (χ0) is 66.6. The van der Waals surface area contributed by atoms with Crippen LogP contribution >= 0.6 is 11.8 Å². The first-order valence-electron chi connectivity index (χ1n) is 27.6. The first kappa shape index (κ1) is 77.4. The summed E-state index contributed by atoms with van der Waals surface area (Å²) in [5.74, 6) is -16.3. The van der Waals surface area contributed by atoms with Gasteiger partial charge < -0.3 is 105 Å². The van der Waals surface area contributed by atoms with Gasteiger partial charge >= 0.3 is 11.9 Å². The zero-order valence-corrected chi connectivity index (χ0v) is 50.5. The smallest absolute Gasteiger partial charge is 0.326 e. The monoisotopic (exact) mass is 1260 g/mol. The summed E-state index contributed by atoms with van der Waals surface area (Å²) >= 11 is 1.35. The molecule has 11 amide bonds. The Morgan fingerprint density at radius 3 is 1.22 bits per heavy atom. The molecule has 0 fully saturated rings. The molecule has 0 unspecified atom stereocenters. The van der Waals surface area contributed by atoms with E-state index in [-0.39, 0.29) is 25.2 Å². The molecule has 0 bridgehead atoms. The van der Waals surface area contributed by atoms with E-state index < -0.39 is 200 Å². The van der Waals surface area contributed by atoms with E-state index in [4.69, 9.17) is 5.73 Å². The topological polar surface area (TPSA) is 542 Å². The van der Waals surface area contributed by atoms with Crippen molar-refractivity contribution in [2.45, 2.75) is 172 Å². The highest BCUT2D eigenvalue weighted by Gasteiger charge is 2.39. The summed E-state index contributed by atoms with van der Waals surface area (Å²) in [6, 6.07) is -12.1. The van der Waals surface area contributed by atoms with Crippen LogP contribution in [0.4, 0.5) is 0 Å². The number of aliphatic hydroxyl groups is 6. The minimum absolute atomic E-state index is 0.00954. The van der Waals surface area contributed by atoms with Gasteiger partial charge in [0.25, 0.3) is 0 Å². The third kappa shape index (κ3) is 26.9. The third-order valence-corrected chi connectivity index (χ3v) is 13.5. The van der Waals surface area contributed by atoms with E-state index in [0.717, 1.165) is 13.8 Å². The van der Waals surface area contributed by atoms with Gasteiger partial charge in [-0.05, 0) is 69.9 Å². The molecular formula is C53H86N12O21S. The van der Waals surface area contributed by atoms with Crippen LogP contribution in [0.5, 0.6) is 0 Å². The molecule has 0 heterocycles. The van der Waals surface area contributed by atoms with Gasteiger partial charge in [0.2, 0.25) is 65.0 Å². The average molecular weight is 1260 g/mol. The molecule has 0 aliphatic heterocycles. The predicted octanol–water partition coefficient (Wildman–Crippen LogP) is -7.96. The van der Waals surface area contributed by atoms with Crippen LogP contribution in [-0.4, -0.2) is 240 Å². The average Bonchev–Trinajstić information content (AvgIpc) is 2.48. The molecular weight excluding hydrogens is 1170 g/mol. The maximum Gasteiger partial charge on any atom is 0.326 e. The van der Waals surface area contributed by atoms with Crippen LogP contribution in [0.15, 0.2) is 30.3 Å². The fraction of sp³-hybridized carbons (Fsp3) is 0.642. The first-order valence-corrected chi connectivity index (χ1v) is 29.0. The summed E-state index contributed by atoms with van der Waals surface area (Å²) in [6.45, 7) is 7.18. The van der Waals surface area contributed by atoms with Crippen molar-refractivity contribution in [2.75, 3.05) is 31.8 Å². The summed E-state index contributed by atoms with van der Waals surface area (Å²) in [5, 5.41) is 105. The SMILES string of the molecule is CSCC[C@H](NC(=O)[C@H](Cc1ccccc1)NC(=O)[C@H](C)NC(=O)[C@@H](NC(=O)[C@H](CO)NC(=O)[C@H](CO)NC(=O)[C@H](CO)NC(=O)[C@@H](NC(=O)[C@H](CC(=O)O)NC(=O)[C@@H](NC(=O)[C@@H](NC(=O)[C@@H](N)CC(C)C)[C@@H](C)O)C(C)C)[C@@H](C)O)[C@@H](C)O)C(=O)O. The second kappa shape index (κ2) is 38.5. The Labute approximate surface area is 506 Å². The van der Waals surface area contributed by atoms with Crippen LogP contribution in [0.1, 0.15) is 80.2 Å². The van der Waals surface area contributed by atoms with Gasteiger partial charge in [-0.25, -0.2) is 4.79 Å². The van der Waals surface area contributed by atoms with E-state index in [1.807, 2.05) is 21.3 Å². The molecule has 0 radical (unpaired) electrons. The molecule has 1 aromatic rings. The number of aliphatic carboxylic acids is 2. The van der Waals surface area contributed by atoms with Gasteiger partial charge in [0, 0.05) is 6.42 Å². The van der Waals surface area contributed by atoms with Gasteiger partial charge in [-0.3, -0.25) is 57.5 Å². The second-order valence-corrected chi connectivity index (χ2v) is 22.2. The van der Waals surface area contributed by atoms with Crippen molar-refractivity contribution in [2.24, 2.45) is 17.6 Å². The molecule has 0 aliphatic carbocycles. The Morgan fingerprint density at radius 1 is 0.448 bits per heavy atom. The van der Waals surface area contributed by atoms with Crippen molar-refractivity contribution >= 4 is 88.7 Å². The van der Waals surface area contributed by atoms with Crippen LogP contribution < -0.4 is 64.2 Å². The number of nitrogens with one attached hydrogen (secondary N) is 11. The predicted molar refractivity (Wildman–Crippen MR) is 309 cm³/mol. The van der Waals surface area contributed by atoms with E-state index in [1.165, 1.54) is 39.5 Å². The lowest BCUT2D eigenvalue weighted by molar-refractivity contribution is -0.142. The number of rotatable bonds is 39. The Bertz CT molecular complexity index is 2510. The van der Waals surface area contributed by atoms with Crippen molar-refractivity contribution < 1.29 is 103 Å². The van der Waals surface area contributed by atoms with Crippen molar-refractivity contribution in [3.8, 4) is 0 Å². The van der Waals surface area contributed by atoms with Crippen LogP contribution in [0.3, 0.4) is 0 Å². The van der Waals surface area contributed by atoms with Gasteiger partial charge in [-0.1, -0.05) is 58.0 Å². The fourth-order valence-corrected chi connectivity index (χ4v) is 8.37. The number of benzene rings is 1. The molecule has 0 saturated carbocycles. The normalized spacial score (nSPS) is 16.4. The third-order valence-electron chi connectivity index (χ3n) is 12.8. The highest BCUT2D eigenvalue weighted by atomic mass is 32.2. The molecule has 0 saturated heterocycles. The molecule has 1 rings (SSSR count). The largest absolute Gasteiger partial charge is 0.481 e. The number of nitrogens with two attached hydrogens (primary N) is 1. The Hall–Kier alpha value is -7.60. The standard InChI is InChI=1S/C53H86N12O21S/c1-23(2)17-30(54)43(75)63-41(28(8)71)52(84)62-38(24(3)4)49(81)58-33(19-37(72)73)45(77)64-40(27(7)70)51(83)61-35(21-67)47(79)59-34(20-66)46(78)60-36(22-68)48(80)65-39(26(6)69)50(82)55-25(5)42(74)57-32(18-29-13-11-10-12-14-29)44(76)56-31(53(85)86)15-16-87-9/h10-14,23-28,30-36,38-41,66-71H,15-22,54H2,1-9H3,(H,55,82)(H,56,76)(H,57,74)(H,58,81)(H,59,79)(H,60,78)(H,61,83)(H,62,84)(H,63,75)(H,64,77)(H,65,80)(H,72,73)(H,85,86)/t25-,26+,27+,28+,30-,31-,32-,33-,34-,35-,36-,38-,39-,40-,41-/m0/s1. The Balaban J connectivity index is 3.18. The minimum Gasteiger partial charge on any atom is -0.481 e. The summed E-state index contributed by atoms with van der Waals surface area (Å²) in [7, 11) is 0. The molecule has 21 N–H and O–H groups in total. The quantitative estimate of drug-likeness (QED) is 0.0291. The number of carbonyl (C=O) groups is 13. The maximum atomic E-state index is 13.6. The van der Waals surface area contributed by atoms with Crippen LogP contribution in [0.25, 0.3) is 0 Å². The molecule has 87 heavy (non-hydrogen) atoms. The molecule has 34 heteroatoms. The zero-order valence-electron chi connectivity index (χ0n) is 49.7. The molecule has 1 aromatic carbocycles. The minimum atomic E-state index is -2.08. The lowest BCUT2D eigenvalue weighted by atomic mass is 10.0. The van der Waals surface area contributed by atoms with Gasteiger partial charge in [-0.15, -0.1) is 0 Å².